The first-order valence-corrected chi connectivity index (χ1v) is 13.6. The first-order valence-electron chi connectivity index (χ1n) is 11.6. The Bertz CT molecular complexity index is 1530. The summed E-state index contributed by atoms with van der Waals surface area (Å²) in [5.41, 5.74) is 2.40. The summed E-state index contributed by atoms with van der Waals surface area (Å²) in [6.07, 6.45) is 1.79. The van der Waals surface area contributed by atoms with Crippen LogP contribution in [0.1, 0.15) is 18.1 Å². The summed E-state index contributed by atoms with van der Waals surface area (Å²) < 4.78 is 20.0. The molecule has 4 aromatic rings. The van der Waals surface area contributed by atoms with Crippen molar-refractivity contribution in [2.24, 2.45) is 4.99 Å². The minimum Gasteiger partial charge on any atom is -0.486 e. The van der Waals surface area contributed by atoms with E-state index in [9.17, 15) is 9.18 Å². The van der Waals surface area contributed by atoms with Gasteiger partial charge >= 0.3 is 0 Å². The molecule has 0 unspecified atom stereocenters. The van der Waals surface area contributed by atoms with Crippen LogP contribution < -0.4 is 4.74 Å². The van der Waals surface area contributed by atoms with E-state index in [0.29, 0.717) is 44.2 Å². The van der Waals surface area contributed by atoms with Gasteiger partial charge < -0.3 is 4.74 Å². The molecular weight excluding hydrogens is 575 g/mol. The lowest BCUT2D eigenvalue weighted by Gasteiger charge is -2.13. The molecule has 4 nitrogen and oxygen atoms in total. The number of hydrogen-bond donors (Lipinski definition) is 0. The molecule has 1 fully saturated rings. The summed E-state index contributed by atoms with van der Waals surface area (Å²) in [6.45, 7) is 2.72. The maximum absolute atomic E-state index is 13.2. The number of rotatable bonds is 6. The number of thioether (sulfide) groups is 1. The number of aliphatic imine (C=N–C) groups is 1. The van der Waals surface area contributed by atoms with E-state index in [-0.39, 0.29) is 11.7 Å². The molecule has 0 spiro atoms. The van der Waals surface area contributed by atoms with Crippen LogP contribution in [0.2, 0.25) is 5.02 Å². The van der Waals surface area contributed by atoms with Crippen molar-refractivity contribution in [1.82, 2.24) is 4.90 Å². The van der Waals surface area contributed by atoms with Crippen molar-refractivity contribution in [1.29, 1.82) is 0 Å². The number of halogens is 3. The van der Waals surface area contributed by atoms with Gasteiger partial charge in [0.25, 0.3) is 5.91 Å². The molecule has 1 saturated heterocycles. The quantitative estimate of drug-likeness (QED) is 0.210. The van der Waals surface area contributed by atoms with Gasteiger partial charge in [0.15, 0.2) is 10.9 Å². The first-order chi connectivity index (χ1) is 17.9. The third-order valence-corrected chi connectivity index (χ3v) is 7.70. The molecule has 1 aliphatic rings. The van der Waals surface area contributed by atoms with Crippen molar-refractivity contribution in [2.75, 3.05) is 6.54 Å². The van der Waals surface area contributed by atoms with E-state index >= 15 is 0 Å². The molecule has 0 radical (unpaired) electrons. The highest BCUT2D eigenvalue weighted by Gasteiger charge is 2.32. The average molecular weight is 596 g/mol. The number of ether oxygens (including phenoxy) is 1. The van der Waals surface area contributed by atoms with E-state index in [0.717, 1.165) is 21.9 Å². The van der Waals surface area contributed by atoms with Gasteiger partial charge in [-0.1, -0.05) is 54.1 Å². The fourth-order valence-electron chi connectivity index (χ4n) is 4.02. The van der Waals surface area contributed by atoms with Crippen molar-refractivity contribution in [3.8, 4) is 5.75 Å². The van der Waals surface area contributed by atoms with E-state index < -0.39 is 0 Å². The highest BCUT2D eigenvalue weighted by molar-refractivity contribution is 9.10. The van der Waals surface area contributed by atoms with Crippen LogP contribution in [0.3, 0.4) is 0 Å². The Morgan fingerprint density at radius 1 is 1.08 bits per heavy atom. The van der Waals surface area contributed by atoms with E-state index in [2.05, 4.69) is 39.1 Å². The number of carbonyl (C=O) groups is 1. The second-order valence-corrected chi connectivity index (χ2v) is 10.5. The third kappa shape index (κ3) is 5.59. The Balaban J connectivity index is 1.37. The molecule has 0 N–H and O–H groups in total. The predicted molar refractivity (Wildman–Crippen MR) is 154 cm³/mol. The molecule has 0 atom stereocenters. The van der Waals surface area contributed by atoms with Crippen LogP contribution in [0, 0.1) is 5.82 Å². The summed E-state index contributed by atoms with van der Waals surface area (Å²) in [5, 5.41) is 3.27. The van der Waals surface area contributed by atoms with Crippen molar-refractivity contribution in [3.05, 3.63) is 110 Å². The number of fused-ring (bicyclic) bond motifs is 1. The normalized spacial score (nSPS) is 15.8. The minimum atomic E-state index is -0.334. The largest absolute Gasteiger partial charge is 0.486 e. The predicted octanol–water partition coefficient (Wildman–Crippen LogP) is 8.60. The van der Waals surface area contributed by atoms with Crippen LogP contribution in [0.15, 0.2) is 93.2 Å². The number of benzene rings is 4. The van der Waals surface area contributed by atoms with Crippen molar-refractivity contribution in [2.45, 2.75) is 13.5 Å². The van der Waals surface area contributed by atoms with Gasteiger partial charge in [0.1, 0.15) is 12.4 Å². The Morgan fingerprint density at radius 2 is 1.84 bits per heavy atom. The average Bonchev–Trinajstić information content (AvgIpc) is 3.18. The van der Waals surface area contributed by atoms with Crippen molar-refractivity contribution < 1.29 is 13.9 Å². The van der Waals surface area contributed by atoms with Gasteiger partial charge in [-0.3, -0.25) is 9.69 Å². The smallest absolute Gasteiger partial charge is 0.266 e. The van der Waals surface area contributed by atoms with Gasteiger partial charge in [-0.15, -0.1) is 0 Å². The second kappa shape index (κ2) is 11.1. The molecule has 1 amide bonds. The zero-order valence-corrected chi connectivity index (χ0v) is 22.9. The Hall–Kier alpha value is -3.13. The van der Waals surface area contributed by atoms with Gasteiger partial charge in [-0.25, -0.2) is 9.38 Å². The maximum atomic E-state index is 13.2. The summed E-state index contributed by atoms with van der Waals surface area (Å²) in [5.74, 6) is 0.0619. The number of nitrogens with zero attached hydrogens (tertiary/aromatic N) is 2. The van der Waals surface area contributed by atoms with Crippen LogP contribution in [0.25, 0.3) is 16.8 Å². The third-order valence-electron chi connectivity index (χ3n) is 5.83. The zero-order valence-electron chi connectivity index (χ0n) is 19.8. The SMILES string of the molecule is CCN1C(=O)/C(=C\c2cc(Cl)c(OCc3cccc4ccccc34)c(Br)c2)SC1=Nc1ccc(F)cc1. The Labute approximate surface area is 231 Å². The number of carbonyl (C=O) groups excluding carboxylic acids is 1. The monoisotopic (exact) mass is 594 g/mol. The molecule has 1 heterocycles. The van der Waals surface area contributed by atoms with Gasteiger partial charge in [0.05, 0.1) is 20.1 Å². The van der Waals surface area contributed by atoms with E-state index in [1.165, 1.54) is 23.9 Å². The maximum Gasteiger partial charge on any atom is 0.266 e. The van der Waals surface area contributed by atoms with E-state index in [4.69, 9.17) is 16.3 Å². The van der Waals surface area contributed by atoms with Gasteiger partial charge in [-0.2, -0.15) is 0 Å². The van der Waals surface area contributed by atoms with Gasteiger partial charge in [-0.05, 0) is 99.0 Å². The molecule has 8 heteroatoms. The van der Waals surface area contributed by atoms with Crippen LogP contribution in [0.4, 0.5) is 10.1 Å². The van der Waals surface area contributed by atoms with Crippen LogP contribution in [0.5, 0.6) is 5.75 Å². The van der Waals surface area contributed by atoms with E-state index in [1.807, 2.05) is 37.3 Å². The number of amides is 1. The molecule has 0 aromatic heterocycles. The summed E-state index contributed by atoms with van der Waals surface area (Å²) in [6, 6.07) is 23.8. The van der Waals surface area contributed by atoms with Crippen LogP contribution in [-0.4, -0.2) is 22.5 Å². The van der Waals surface area contributed by atoms with Crippen LogP contribution in [-0.2, 0) is 11.4 Å². The Morgan fingerprint density at radius 3 is 2.59 bits per heavy atom. The topological polar surface area (TPSA) is 41.9 Å². The lowest BCUT2D eigenvalue weighted by Crippen LogP contribution is -2.28. The first kappa shape index (κ1) is 25.5. The second-order valence-electron chi connectivity index (χ2n) is 8.27. The molecule has 4 aromatic carbocycles. The molecule has 0 aliphatic carbocycles. The lowest BCUT2D eigenvalue weighted by molar-refractivity contribution is -0.122. The van der Waals surface area contributed by atoms with Crippen molar-refractivity contribution >= 4 is 72.9 Å². The lowest BCUT2D eigenvalue weighted by atomic mass is 10.1. The number of likely N-dealkylation sites (N-methyl/N-ethyl adjacent to an activating group) is 1. The zero-order chi connectivity index (χ0) is 25.9. The Kier molecular flexibility index (Phi) is 7.65. The highest BCUT2D eigenvalue weighted by Crippen LogP contribution is 2.38. The molecule has 37 heavy (non-hydrogen) atoms. The van der Waals surface area contributed by atoms with Gasteiger partial charge in [0.2, 0.25) is 0 Å². The molecule has 0 saturated carbocycles. The van der Waals surface area contributed by atoms with E-state index in [1.54, 1.807) is 29.2 Å². The molecular formula is C29H21BrClFN2O2S. The minimum absolute atomic E-state index is 0.142. The molecule has 186 valence electrons. The molecule has 1 aliphatic heterocycles. The standard InChI is InChI=1S/C29H21BrClFN2O2S/c1-2-34-28(35)26(37-29(34)33-22-12-10-21(32)11-13-22)16-18-14-24(30)27(25(31)15-18)36-17-20-8-5-7-19-6-3-4-9-23(19)20/h3-16H,2,17H2,1H3/b26-16+,33-29?. The fraction of sp³-hybridized carbons (Fsp3) is 0.103. The van der Waals surface area contributed by atoms with Crippen molar-refractivity contribution in [3.63, 3.8) is 0 Å². The summed E-state index contributed by atoms with van der Waals surface area (Å²) in [4.78, 5) is 19.7. The summed E-state index contributed by atoms with van der Waals surface area (Å²) >= 11 is 11.5. The molecule has 5 rings (SSSR count). The number of amidine groups is 1. The van der Waals surface area contributed by atoms with Gasteiger partial charge in [0, 0.05) is 6.54 Å². The fourth-order valence-corrected chi connectivity index (χ4v) is 6.07. The summed E-state index contributed by atoms with van der Waals surface area (Å²) in [7, 11) is 0. The number of hydrogen-bond acceptors (Lipinski definition) is 4. The van der Waals surface area contributed by atoms with Crippen LogP contribution >= 0.6 is 39.3 Å². The molecule has 0 bridgehead atoms. The highest BCUT2D eigenvalue weighted by atomic mass is 79.9.